The highest BCUT2D eigenvalue weighted by Crippen LogP contribution is 2.32. The largest absolute Gasteiger partial charge is 0.372 e. The number of ether oxygens (including phenoxy) is 1. The number of hydrogen-bond acceptors (Lipinski definition) is 6. The number of amides is 1. The summed E-state index contributed by atoms with van der Waals surface area (Å²) < 4.78 is 5.43. The molecule has 0 aromatic heterocycles. The number of anilines is 1. The van der Waals surface area contributed by atoms with Gasteiger partial charge in [0.1, 0.15) is 5.54 Å². The van der Waals surface area contributed by atoms with Crippen LogP contribution < -0.4 is 16.1 Å². The van der Waals surface area contributed by atoms with Crippen LogP contribution in [0.1, 0.15) is 63.4 Å². The number of hydroxylamine groups is 1. The van der Waals surface area contributed by atoms with Crippen molar-refractivity contribution in [3.63, 3.8) is 0 Å². The van der Waals surface area contributed by atoms with Gasteiger partial charge in [-0.25, -0.2) is 10.3 Å². The van der Waals surface area contributed by atoms with Crippen molar-refractivity contribution in [2.24, 2.45) is 5.92 Å². The quantitative estimate of drug-likeness (QED) is 0.422. The van der Waals surface area contributed by atoms with Crippen LogP contribution in [0, 0.1) is 5.92 Å². The Hall–Kier alpha value is -2.22. The van der Waals surface area contributed by atoms with E-state index in [-0.39, 0.29) is 18.1 Å². The van der Waals surface area contributed by atoms with Crippen molar-refractivity contribution in [3.05, 3.63) is 35.9 Å². The fraction of sp³-hybridized carbons (Fsp3) is 0.600. The standard InChI is InChI=1S/C25H35N3O4/c29-22(28-32-23-8-4-5-17-31-23)14-11-19-9-12-21(13-10-19)27-25(15-16-26-18-25)24(30)20-6-2-1-3-7-20/h9-14,20,23,26-27H,1-8,15-18H2,(H,28,29)/b14-11+/t23?,25-/m1/s1. The zero-order valence-corrected chi connectivity index (χ0v) is 18.7. The summed E-state index contributed by atoms with van der Waals surface area (Å²) in [6.07, 6.45) is 12.1. The molecule has 32 heavy (non-hydrogen) atoms. The smallest absolute Gasteiger partial charge is 0.267 e. The van der Waals surface area contributed by atoms with Gasteiger partial charge in [0.25, 0.3) is 5.91 Å². The van der Waals surface area contributed by atoms with Gasteiger partial charge < -0.3 is 15.4 Å². The van der Waals surface area contributed by atoms with Crippen LogP contribution in [0.5, 0.6) is 0 Å². The predicted octanol–water partition coefficient (Wildman–Crippen LogP) is 3.57. The second kappa shape index (κ2) is 11.1. The number of benzene rings is 1. The van der Waals surface area contributed by atoms with Gasteiger partial charge in [-0.05, 0) is 62.4 Å². The number of hydrogen-bond donors (Lipinski definition) is 3. The van der Waals surface area contributed by atoms with Crippen molar-refractivity contribution in [2.75, 3.05) is 25.0 Å². The van der Waals surface area contributed by atoms with Crippen molar-refractivity contribution in [2.45, 2.75) is 69.6 Å². The molecule has 1 aromatic rings. The van der Waals surface area contributed by atoms with Crippen molar-refractivity contribution in [1.82, 2.24) is 10.8 Å². The molecule has 1 unspecified atom stereocenters. The molecule has 174 valence electrons. The summed E-state index contributed by atoms with van der Waals surface area (Å²) in [5.41, 5.74) is 3.74. The molecular formula is C25H35N3O4. The van der Waals surface area contributed by atoms with Crippen LogP contribution in [0.25, 0.3) is 6.08 Å². The zero-order chi connectivity index (χ0) is 22.2. The highest BCUT2D eigenvalue weighted by Gasteiger charge is 2.44. The Balaban J connectivity index is 1.31. The van der Waals surface area contributed by atoms with E-state index in [1.165, 1.54) is 12.5 Å². The summed E-state index contributed by atoms with van der Waals surface area (Å²) in [5, 5.41) is 6.92. The van der Waals surface area contributed by atoms with E-state index in [2.05, 4.69) is 16.1 Å². The topological polar surface area (TPSA) is 88.7 Å². The first-order chi connectivity index (χ1) is 15.6. The Morgan fingerprint density at radius 3 is 2.53 bits per heavy atom. The Labute approximate surface area is 190 Å². The number of carbonyl (C=O) groups excluding carboxylic acids is 2. The number of Topliss-reactive ketones (excluding diaryl/α,β-unsaturated/α-hetero) is 1. The highest BCUT2D eigenvalue weighted by atomic mass is 16.8. The first kappa shape index (κ1) is 23.0. The van der Waals surface area contributed by atoms with E-state index in [1.807, 2.05) is 24.3 Å². The molecule has 2 heterocycles. The molecular weight excluding hydrogens is 406 g/mol. The minimum Gasteiger partial charge on any atom is -0.372 e. The van der Waals surface area contributed by atoms with Crippen molar-refractivity contribution in [1.29, 1.82) is 0 Å². The molecule has 2 aliphatic heterocycles. The van der Waals surface area contributed by atoms with E-state index in [1.54, 1.807) is 6.08 Å². The Bertz CT molecular complexity index is 790. The van der Waals surface area contributed by atoms with Gasteiger partial charge in [0.2, 0.25) is 0 Å². The maximum absolute atomic E-state index is 13.4. The van der Waals surface area contributed by atoms with Crippen LogP contribution in [-0.2, 0) is 19.2 Å². The normalized spacial score (nSPS) is 26.8. The lowest BCUT2D eigenvalue weighted by Crippen LogP contribution is -2.51. The monoisotopic (exact) mass is 441 g/mol. The zero-order valence-electron chi connectivity index (χ0n) is 18.7. The molecule has 7 heteroatoms. The lowest BCUT2D eigenvalue weighted by Gasteiger charge is -2.34. The third kappa shape index (κ3) is 5.97. The molecule has 1 saturated carbocycles. The summed E-state index contributed by atoms with van der Waals surface area (Å²) in [6.45, 7) is 2.20. The maximum Gasteiger partial charge on any atom is 0.267 e. The predicted molar refractivity (Wildman–Crippen MR) is 124 cm³/mol. The fourth-order valence-corrected chi connectivity index (χ4v) is 4.91. The first-order valence-corrected chi connectivity index (χ1v) is 12.0. The molecule has 1 aromatic carbocycles. The van der Waals surface area contributed by atoms with E-state index >= 15 is 0 Å². The van der Waals surface area contributed by atoms with Crippen molar-refractivity contribution >= 4 is 23.5 Å². The minimum absolute atomic E-state index is 0.179. The van der Waals surface area contributed by atoms with Crippen molar-refractivity contribution in [3.8, 4) is 0 Å². The molecule has 3 fully saturated rings. The molecule has 4 rings (SSSR count). The number of nitrogens with one attached hydrogen (secondary N) is 3. The minimum atomic E-state index is -0.516. The molecule has 1 aliphatic carbocycles. The molecule has 2 saturated heterocycles. The second-order valence-corrected chi connectivity index (χ2v) is 9.17. The molecule has 3 aliphatic rings. The molecule has 2 atom stereocenters. The van der Waals surface area contributed by atoms with Gasteiger partial charge in [-0.2, -0.15) is 0 Å². The summed E-state index contributed by atoms with van der Waals surface area (Å²) in [5.74, 6) is 0.221. The fourth-order valence-electron chi connectivity index (χ4n) is 4.91. The number of ketones is 1. The van der Waals surface area contributed by atoms with Gasteiger partial charge in [0, 0.05) is 37.3 Å². The van der Waals surface area contributed by atoms with E-state index < -0.39 is 5.54 Å². The molecule has 3 N–H and O–H groups in total. The Morgan fingerprint density at radius 2 is 1.84 bits per heavy atom. The van der Waals surface area contributed by atoms with Gasteiger partial charge in [-0.3, -0.25) is 9.59 Å². The lowest BCUT2D eigenvalue weighted by atomic mass is 9.77. The maximum atomic E-state index is 13.4. The lowest BCUT2D eigenvalue weighted by molar-refractivity contribution is -0.198. The van der Waals surface area contributed by atoms with Gasteiger partial charge in [0.05, 0.1) is 0 Å². The number of carbonyl (C=O) groups is 2. The first-order valence-electron chi connectivity index (χ1n) is 12.0. The van der Waals surface area contributed by atoms with Gasteiger partial charge in [-0.15, -0.1) is 0 Å². The Morgan fingerprint density at radius 1 is 1.06 bits per heavy atom. The van der Waals surface area contributed by atoms with Gasteiger partial charge in [-0.1, -0.05) is 31.4 Å². The van der Waals surface area contributed by atoms with E-state index in [4.69, 9.17) is 9.57 Å². The van der Waals surface area contributed by atoms with E-state index in [9.17, 15) is 9.59 Å². The second-order valence-electron chi connectivity index (χ2n) is 9.17. The molecule has 0 spiro atoms. The van der Waals surface area contributed by atoms with E-state index in [0.29, 0.717) is 18.9 Å². The average molecular weight is 442 g/mol. The van der Waals surface area contributed by atoms with Crippen LogP contribution in [-0.4, -0.2) is 43.2 Å². The molecule has 0 radical (unpaired) electrons. The van der Waals surface area contributed by atoms with Crippen molar-refractivity contribution < 1.29 is 19.2 Å². The van der Waals surface area contributed by atoms with Crippen LogP contribution >= 0.6 is 0 Å². The van der Waals surface area contributed by atoms with Gasteiger partial charge in [0.15, 0.2) is 12.1 Å². The van der Waals surface area contributed by atoms with Crippen LogP contribution in [0.2, 0.25) is 0 Å². The SMILES string of the molecule is O=C(/C=C/c1ccc(N[C@]2(C(=O)C3CCCCC3)CCNC2)cc1)NOC1CCCCO1. The van der Waals surface area contributed by atoms with Gasteiger partial charge >= 0.3 is 0 Å². The Kier molecular flexibility index (Phi) is 7.95. The number of rotatable bonds is 8. The van der Waals surface area contributed by atoms with Crippen LogP contribution in [0.15, 0.2) is 30.3 Å². The molecule has 1 amide bonds. The van der Waals surface area contributed by atoms with E-state index in [0.717, 1.165) is 69.2 Å². The third-order valence-corrected chi connectivity index (χ3v) is 6.75. The molecule has 0 bridgehead atoms. The average Bonchev–Trinajstić information content (AvgIpc) is 3.32. The van der Waals surface area contributed by atoms with Crippen LogP contribution in [0.4, 0.5) is 5.69 Å². The summed E-state index contributed by atoms with van der Waals surface area (Å²) in [7, 11) is 0. The third-order valence-electron chi connectivity index (χ3n) is 6.75. The molecule has 7 nitrogen and oxygen atoms in total. The summed E-state index contributed by atoms with van der Waals surface area (Å²) in [6, 6.07) is 7.83. The summed E-state index contributed by atoms with van der Waals surface area (Å²) in [4.78, 5) is 30.6. The summed E-state index contributed by atoms with van der Waals surface area (Å²) >= 11 is 0. The highest BCUT2D eigenvalue weighted by molar-refractivity contribution is 5.94. The van der Waals surface area contributed by atoms with Crippen LogP contribution in [0.3, 0.4) is 0 Å².